The van der Waals surface area contributed by atoms with Gasteiger partial charge in [-0.25, -0.2) is 13.1 Å². The summed E-state index contributed by atoms with van der Waals surface area (Å²) in [6.45, 7) is 1.76. The molecule has 0 aliphatic heterocycles. The summed E-state index contributed by atoms with van der Waals surface area (Å²) in [6, 6.07) is 4.74. The summed E-state index contributed by atoms with van der Waals surface area (Å²) in [5.74, 6) is 0.445. The van der Waals surface area contributed by atoms with Gasteiger partial charge < -0.3 is 4.52 Å². The normalized spacial score (nSPS) is 13.7. The third-order valence-corrected chi connectivity index (χ3v) is 5.90. The van der Waals surface area contributed by atoms with E-state index in [4.69, 9.17) is 4.52 Å². The number of aromatic nitrogens is 1. The van der Waals surface area contributed by atoms with E-state index in [2.05, 4.69) is 22.5 Å². The first-order chi connectivity index (χ1) is 8.53. The molecule has 2 aromatic rings. The molecule has 0 fully saturated rings. The molecule has 0 aromatic carbocycles. The van der Waals surface area contributed by atoms with E-state index in [1.807, 2.05) is 0 Å². The van der Waals surface area contributed by atoms with Crippen LogP contribution in [0.15, 0.2) is 33.2 Å². The highest BCUT2D eigenvalue weighted by Gasteiger charge is 2.19. The predicted molar refractivity (Wildman–Crippen MR) is 73.5 cm³/mol. The SMILES string of the molecule is CC(CS)NS(=O)(=O)c1ccc(-c2ccon2)s1. The van der Waals surface area contributed by atoms with Crippen molar-refractivity contribution in [3.8, 4) is 10.6 Å². The molecule has 8 heteroatoms. The predicted octanol–water partition coefficient (Wildman–Crippen LogP) is 2.00. The van der Waals surface area contributed by atoms with Gasteiger partial charge in [0.2, 0.25) is 10.0 Å². The molecule has 0 bridgehead atoms. The number of nitrogens with one attached hydrogen (secondary N) is 1. The molecule has 0 radical (unpaired) electrons. The molecular formula is C10H12N2O3S3. The molecule has 0 aliphatic rings. The van der Waals surface area contributed by atoms with Gasteiger partial charge in [-0.3, -0.25) is 0 Å². The van der Waals surface area contributed by atoms with Crippen molar-refractivity contribution in [2.24, 2.45) is 0 Å². The van der Waals surface area contributed by atoms with Gasteiger partial charge in [-0.2, -0.15) is 12.6 Å². The van der Waals surface area contributed by atoms with Crippen molar-refractivity contribution in [3.05, 3.63) is 24.5 Å². The van der Waals surface area contributed by atoms with Gasteiger partial charge in [0.05, 0.1) is 4.88 Å². The molecule has 98 valence electrons. The average molecular weight is 304 g/mol. The lowest BCUT2D eigenvalue weighted by atomic mass is 10.3. The van der Waals surface area contributed by atoms with Crippen LogP contribution in [0.25, 0.3) is 10.6 Å². The Balaban J connectivity index is 2.25. The van der Waals surface area contributed by atoms with E-state index in [0.717, 1.165) is 16.2 Å². The Bertz CT molecular complexity index is 604. The van der Waals surface area contributed by atoms with Crippen molar-refractivity contribution in [3.63, 3.8) is 0 Å². The summed E-state index contributed by atoms with van der Waals surface area (Å²) >= 11 is 5.20. The quantitative estimate of drug-likeness (QED) is 0.829. The lowest BCUT2D eigenvalue weighted by Crippen LogP contribution is -2.33. The van der Waals surface area contributed by atoms with E-state index in [9.17, 15) is 8.42 Å². The molecular weight excluding hydrogens is 292 g/mol. The van der Waals surface area contributed by atoms with Gasteiger partial charge in [0.1, 0.15) is 16.2 Å². The van der Waals surface area contributed by atoms with Crippen LogP contribution in [-0.2, 0) is 10.0 Å². The van der Waals surface area contributed by atoms with Crippen molar-refractivity contribution in [1.82, 2.24) is 9.88 Å². The molecule has 0 saturated heterocycles. The third-order valence-electron chi connectivity index (χ3n) is 2.17. The molecule has 1 N–H and O–H groups in total. The molecule has 0 aliphatic carbocycles. The van der Waals surface area contributed by atoms with Gasteiger partial charge in [-0.1, -0.05) is 5.16 Å². The van der Waals surface area contributed by atoms with Gasteiger partial charge in [0.25, 0.3) is 0 Å². The van der Waals surface area contributed by atoms with Crippen LogP contribution in [0.2, 0.25) is 0 Å². The lowest BCUT2D eigenvalue weighted by Gasteiger charge is -2.09. The first kappa shape index (κ1) is 13.6. The van der Waals surface area contributed by atoms with Gasteiger partial charge in [-0.05, 0) is 19.1 Å². The van der Waals surface area contributed by atoms with Crippen LogP contribution in [0.3, 0.4) is 0 Å². The Morgan fingerprint density at radius 2 is 2.28 bits per heavy atom. The minimum atomic E-state index is -3.48. The van der Waals surface area contributed by atoms with E-state index in [1.54, 1.807) is 25.1 Å². The Morgan fingerprint density at radius 1 is 1.50 bits per heavy atom. The molecule has 0 amide bonds. The van der Waals surface area contributed by atoms with Gasteiger partial charge in [-0.15, -0.1) is 11.3 Å². The lowest BCUT2D eigenvalue weighted by molar-refractivity contribution is 0.422. The molecule has 5 nitrogen and oxygen atoms in total. The topological polar surface area (TPSA) is 72.2 Å². The maximum absolute atomic E-state index is 12.0. The summed E-state index contributed by atoms with van der Waals surface area (Å²) in [6.07, 6.45) is 1.45. The molecule has 18 heavy (non-hydrogen) atoms. The Hall–Kier alpha value is -0.830. The monoisotopic (exact) mass is 304 g/mol. The summed E-state index contributed by atoms with van der Waals surface area (Å²) in [4.78, 5) is 0.752. The second-order valence-electron chi connectivity index (χ2n) is 3.71. The number of sulfonamides is 1. The van der Waals surface area contributed by atoms with Crippen LogP contribution in [0.1, 0.15) is 6.92 Å². The van der Waals surface area contributed by atoms with Crippen LogP contribution < -0.4 is 4.72 Å². The highest BCUT2D eigenvalue weighted by Crippen LogP contribution is 2.29. The van der Waals surface area contributed by atoms with Crippen LogP contribution in [0.4, 0.5) is 0 Å². The number of hydrogen-bond acceptors (Lipinski definition) is 6. The fourth-order valence-electron chi connectivity index (χ4n) is 1.30. The Morgan fingerprint density at radius 3 is 2.89 bits per heavy atom. The highest BCUT2D eigenvalue weighted by atomic mass is 32.2. The molecule has 0 saturated carbocycles. The number of thiophene rings is 1. The first-order valence-corrected chi connectivity index (χ1v) is 8.10. The zero-order chi connectivity index (χ0) is 13.2. The fraction of sp³-hybridized carbons (Fsp3) is 0.300. The van der Waals surface area contributed by atoms with E-state index < -0.39 is 10.0 Å². The van der Waals surface area contributed by atoms with Gasteiger partial charge >= 0.3 is 0 Å². The van der Waals surface area contributed by atoms with Crippen LogP contribution in [0.5, 0.6) is 0 Å². The standard InChI is InChI=1S/C10H12N2O3S3/c1-7(6-16)12-18(13,14)10-3-2-9(17-10)8-4-5-15-11-8/h2-5,7,12,16H,6H2,1H3. The molecule has 2 aromatic heterocycles. The van der Waals surface area contributed by atoms with Crippen LogP contribution in [-0.4, -0.2) is 25.4 Å². The van der Waals surface area contributed by atoms with Crippen molar-refractivity contribution in [2.75, 3.05) is 5.75 Å². The zero-order valence-electron chi connectivity index (χ0n) is 9.53. The maximum Gasteiger partial charge on any atom is 0.250 e. The average Bonchev–Trinajstić information content (AvgIpc) is 2.98. The third kappa shape index (κ3) is 2.94. The first-order valence-electron chi connectivity index (χ1n) is 5.16. The van der Waals surface area contributed by atoms with Gasteiger partial charge in [0, 0.05) is 17.9 Å². The van der Waals surface area contributed by atoms with Crippen molar-refractivity contribution in [2.45, 2.75) is 17.2 Å². The summed E-state index contributed by atoms with van der Waals surface area (Å²) in [7, 11) is -3.48. The van der Waals surface area contributed by atoms with Crippen LogP contribution in [0, 0.1) is 0 Å². The number of rotatable bonds is 5. The largest absolute Gasteiger partial charge is 0.364 e. The Kier molecular flexibility index (Phi) is 4.10. The van der Waals surface area contributed by atoms with E-state index >= 15 is 0 Å². The maximum atomic E-state index is 12.0. The summed E-state index contributed by atoms with van der Waals surface area (Å²) in [5.41, 5.74) is 0.628. The number of nitrogens with zero attached hydrogens (tertiary/aromatic N) is 1. The minimum Gasteiger partial charge on any atom is -0.364 e. The molecule has 2 heterocycles. The molecule has 0 spiro atoms. The fourth-order valence-corrected chi connectivity index (χ4v) is 4.04. The smallest absolute Gasteiger partial charge is 0.250 e. The van der Waals surface area contributed by atoms with Crippen LogP contribution >= 0.6 is 24.0 Å². The minimum absolute atomic E-state index is 0.212. The number of thiol groups is 1. The van der Waals surface area contributed by atoms with E-state index in [0.29, 0.717) is 11.4 Å². The highest BCUT2D eigenvalue weighted by molar-refractivity contribution is 7.91. The van der Waals surface area contributed by atoms with E-state index in [-0.39, 0.29) is 10.3 Å². The second-order valence-corrected chi connectivity index (χ2v) is 7.10. The zero-order valence-corrected chi connectivity index (χ0v) is 12.1. The summed E-state index contributed by atoms with van der Waals surface area (Å²) < 4.78 is 31.5. The number of hydrogen-bond donors (Lipinski definition) is 2. The van der Waals surface area contributed by atoms with Gasteiger partial charge in [0.15, 0.2) is 0 Å². The summed E-state index contributed by atoms with van der Waals surface area (Å²) in [5, 5.41) is 3.77. The van der Waals surface area contributed by atoms with Crippen molar-refractivity contribution < 1.29 is 12.9 Å². The van der Waals surface area contributed by atoms with Crippen molar-refractivity contribution in [1.29, 1.82) is 0 Å². The second kappa shape index (κ2) is 5.43. The van der Waals surface area contributed by atoms with Crippen molar-refractivity contribution >= 4 is 34.0 Å². The van der Waals surface area contributed by atoms with E-state index in [1.165, 1.54) is 6.26 Å². The molecule has 1 atom stereocenters. The Labute approximate surface area is 115 Å². The molecule has 2 rings (SSSR count). The molecule has 1 unspecified atom stereocenters.